The van der Waals surface area contributed by atoms with Crippen molar-refractivity contribution in [3.05, 3.63) is 126 Å². The highest BCUT2D eigenvalue weighted by Gasteiger charge is 2.31. The van der Waals surface area contributed by atoms with E-state index in [4.69, 9.17) is 5.73 Å². The molecule has 1 aliphatic rings. The van der Waals surface area contributed by atoms with Crippen molar-refractivity contribution in [2.75, 3.05) is 0 Å². The topological polar surface area (TPSA) is 38.9 Å². The van der Waals surface area contributed by atoms with E-state index in [1.807, 2.05) is 18.5 Å². The van der Waals surface area contributed by atoms with Gasteiger partial charge in [-0.25, -0.2) is 0 Å². The van der Waals surface area contributed by atoms with E-state index in [1.54, 1.807) is 6.20 Å². The van der Waals surface area contributed by atoms with Gasteiger partial charge in [-0.3, -0.25) is 4.98 Å². The van der Waals surface area contributed by atoms with Crippen molar-refractivity contribution < 1.29 is 0 Å². The van der Waals surface area contributed by atoms with Gasteiger partial charge in [0, 0.05) is 17.8 Å². The molecule has 0 unspecified atom stereocenters. The normalized spacial score (nSPS) is 18.7. The van der Waals surface area contributed by atoms with Crippen molar-refractivity contribution in [1.29, 1.82) is 0 Å². The molecule has 0 amide bonds. The molecule has 1 aliphatic carbocycles. The quantitative estimate of drug-likeness (QED) is 0.268. The predicted molar refractivity (Wildman–Crippen MR) is 164 cm³/mol. The van der Waals surface area contributed by atoms with Gasteiger partial charge in [-0.05, 0) is 100 Å². The minimum Gasteiger partial charge on any atom is -0.405 e. The molecule has 0 radical (unpaired) electrons. The number of rotatable bonds is 7. The molecule has 38 heavy (non-hydrogen) atoms. The zero-order valence-electron chi connectivity index (χ0n) is 22.4. The molecule has 2 nitrogen and oxygen atoms in total. The van der Waals surface area contributed by atoms with Gasteiger partial charge < -0.3 is 5.73 Å². The molecule has 0 atom stereocenters. The molecule has 1 fully saturated rings. The van der Waals surface area contributed by atoms with Crippen LogP contribution in [0.5, 0.6) is 0 Å². The molecule has 2 N–H and O–H groups in total. The van der Waals surface area contributed by atoms with E-state index in [2.05, 4.69) is 110 Å². The lowest BCUT2D eigenvalue weighted by Crippen LogP contribution is -2.32. The van der Waals surface area contributed by atoms with Gasteiger partial charge in [-0.2, -0.15) is 0 Å². The Kier molecular flexibility index (Phi) is 7.70. The molecular formula is C36H36N2. The molecule has 0 aliphatic heterocycles. The lowest BCUT2D eigenvalue weighted by molar-refractivity contribution is 0.278. The fourth-order valence-corrected chi connectivity index (χ4v) is 5.84. The van der Waals surface area contributed by atoms with Gasteiger partial charge >= 0.3 is 0 Å². The molecular weight excluding hydrogens is 460 g/mol. The average Bonchev–Trinajstić information content (AvgIpc) is 2.93. The van der Waals surface area contributed by atoms with E-state index in [0.29, 0.717) is 11.8 Å². The van der Waals surface area contributed by atoms with E-state index in [-0.39, 0.29) is 0 Å². The summed E-state index contributed by atoms with van der Waals surface area (Å²) in [6.07, 6.45) is 17.7. The summed E-state index contributed by atoms with van der Waals surface area (Å²) in [4.78, 5) is 4.58. The van der Waals surface area contributed by atoms with Crippen molar-refractivity contribution in [2.24, 2.45) is 17.6 Å². The van der Waals surface area contributed by atoms with Gasteiger partial charge in [0.1, 0.15) is 0 Å². The summed E-state index contributed by atoms with van der Waals surface area (Å²) in [5, 5.41) is 4.90. The van der Waals surface area contributed by atoms with Crippen molar-refractivity contribution in [1.82, 2.24) is 4.98 Å². The first-order valence-corrected chi connectivity index (χ1v) is 13.6. The van der Waals surface area contributed by atoms with Gasteiger partial charge in [0.05, 0.1) is 0 Å². The van der Waals surface area contributed by atoms with E-state index in [9.17, 15) is 0 Å². The number of pyridine rings is 1. The van der Waals surface area contributed by atoms with Gasteiger partial charge in [0.2, 0.25) is 0 Å². The molecule has 4 aromatic rings. The second kappa shape index (κ2) is 11.5. The fourth-order valence-electron chi connectivity index (χ4n) is 5.84. The highest BCUT2D eigenvalue weighted by molar-refractivity contribution is 6.05. The Morgan fingerprint density at radius 3 is 2.11 bits per heavy atom. The van der Waals surface area contributed by atoms with Crippen molar-refractivity contribution >= 4 is 22.9 Å². The van der Waals surface area contributed by atoms with Crippen LogP contribution in [0.2, 0.25) is 0 Å². The summed E-state index contributed by atoms with van der Waals surface area (Å²) in [5.74, 6) is 1.01. The number of nitrogens with two attached hydrogens (primary N) is 1. The van der Waals surface area contributed by atoms with Crippen LogP contribution in [0.1, 0.15) is 33.1 Å². The van der Waals surface area contributed by atoms with Crippen LogP contribution in [-0.2, 0) is 0 Å². The number of allylic oxidation sites excluding steroid dienone is 4. The number of aromatic nitrogens is 1. The Morgan fingerprint density at radius 2 is 1.53 bits per heavy atom. The smallest absolute Gasteiger partial charge is 0.0353 e. The average molecular weight is 497 g/mol. The number of fused-ring (bicyclic) bond motifs is 1. The Hall–Kier alpha value is -4.17. The third kappa shape index (κ3) is 4.87. The molecule has 1 saturated carbocycles. The number of hydrogen-bond donors (Lipinski definition) is 1. The second-order valence-corrected chi connectivity index (χ2v) is 10.1. The van der Waals surface area contributed by atoms with Crippen molar-refractivity contribution in [2.45, 2.75) is 33.1 Å². The lowest BCUT2D eigenvalue weighted by atomic mass is 9.68. The van der Waals surface area contributed by atoms with Crippen LogP contribution in [0.3, 0.4) is 0 Å². The Morgan fingerprint density at radius 1 is 0.895 bits per heavy atom. The van der Waals surface area contributed by atoms with Crippen LogP contribution in [0, 0.1) is 11.8 Å². The minimum atomic E-state index is 0.462. The van der Waals surface area contributed by atoms with Crippen LogP contribution in [0.4, 0.5) is 0 Å². The molecule has 0 bridgehead atoms. The standard InChI is InChI=1S/C36H36N2/c1-4-12-31-33(21-25(3)29-22-30(23-29)26(5-2)17-19-37)36(28-15-10-7-11-16-28)34-24-38-20-18-32(34)35(31)27-13-8-6-9-14-27/h5-21,24,29-30H,3-4,22-23,37H2,1-2H3/b19-17-,26-5+,31-12+,33-21+. The lowest BCUT2D eigenvalue weighted by Gasteiger charge is -2.37. The molecule has 190 valence electrons. The summed E-state index contributed by atoms with van der Waals surface area (Å²) in [7, 11) is 0. The highest BCUT2D eigenvalue weighted by Crippen LogP contribution is 2.43. The molecule has 3 aromatic carbocycles. The summed E-state index contributed by atoms with van der Waals surface area (Å²) in [6.45, 7) is 8.92. The third-order valence-corrected chi connectivity index (χ3v) is 7.81. The zero-order chi connectivity index (χ0) is 26.5. The van der Waals surface area contributed by atoms with Crippen molar-refractivity contribution in [3.63, 3.8) is 0 Å². The number of hydrogen-bond acceptors (Lipinski definition) is 2. The summed E-state index contributed by atoms with van der Waals surface area (Å²) < 4.78 is 0. The molecule has 0 spiro atoms. The highest BCUT2D eigenvalue weighted by atomic mass is 14.6. The number of benzene rings is 3. The van der Waals surface area contributed by atoms with E-state index >= 15 is 0 Å². The first-order valence-electron chi connectivity index (χ1n) is 13.6. The number of nitrogens with zero attached hydrogens (tertiary/aromatic N) is 1. The molecule has 0 saturated heterocycles. The van der Waals surface area contributed by atoms with E-state index in [0.717, 1.165) is 19.3 Å². The molecule has 5 rings (SSSR count). The maximum absolute atomic E-state index is 5.69. The summed E-state index contributed by atoms with van der Waals surface area (Å²) in [6, 6.07) is 23.6. The largest absolute Gasteiger partial charge is 0.405 e. The molecule has 1 aromatic heterocycles. The second-order valence-electron chi connectivity index (χ2n) is 10.1. The third-order valence-electron chi connectivity index (χ3n) is 7.81. The van der Waals surface area contributed by atoms with Crippen LogP contribution in [0.15, 0.2) is 115 Å². The molecule has 1 heterocycles. The predicted octanol–water partition coefficient (Wildman–Crippen LogP) is 7.54. The summed E-state index contributed by atoms with van der Waals surface area (Å²) >= 11 is 0. The van der Waals surface area contributed by atoms with Crippen molar-refractivity contribution in [3.8, 4) is 22.3 Å². The maximum Gasteiger partial charge on any atom is 0.0353 e. The van der Waals surface area contributed by atoms with Crippen LogP contribution >= 0.6 is 0 Å². The maximum atomic E-state index is 5.69. The van der Waals surface area contributed by atoms with Gasteiger partial charge in [0.25, 0.3) is 0 Å². The van der Waals surface area contributed by atoms with E-state index < -0.39 is 0 Å². The first-order chi connectivity index (χ1) is 18.7. The van der Waals surface area contributed by atoms with E-state index in [1.165, 1.54) is 54.6 Å². The molecule has 2 heteroatoms. The SMILES string of the molecule is C=C(/C=c1/c(-c2ccccc2)c2cnccc2c(-c2ccccc2)/c1=C/CC)C1CC(C(/C=C\N)=C/C)C1. The van der Waals surface area contributed by atoms with Gasteiger partial charge in [0.15, 0.2) is 0 Å². The fraction of sp³-hybridized carbons (Fsp3) is 0.194. The van der Waals surface area contributed by atoms with Gasteiger partial charge in [-0.15, -0.1) is 0 Å². The van der Waals surface area contributed by atoms with Crippen LogP contribution in [-0.4, -0.2) is 4.98 Å². The Balaban J connectivity index is 1.77. The van der Waals surface area contributed by atoms with Crippen LogP contribution in [0.25, 0.3) is 45.2 Å². The monoisotopic (exact) mass is 496 g/mol. The Bertz CT molecular complexity index is 1620. The zero-order valence-corrected chi connectivity index (χ0v) is 22.4. The van der Waals surface area contributed by atoms with Gasteiger partial charge in [-0.1, -0.05) is 98.0 Å². The minimum absolute atomic E-state index is 0.462. The Labute approximate surface area is 226 Å². The van der Waals surface area contributed by atoms with Crippen LogP contribution < -0.4 is 16.2 Å². The summed E-state index contributed by atoms with van der Waals surface area (Å²) in [5.41, 5.74) is 13.1. The first kappa shape index (κ1) is 25.5.